The van der Waals surface area contributed by atoms with Crippen molar-refractivity contribution in [2.24, 2.45) is 9.98 Å². The average molecular weight is 499 g/mol. The van der Waals surface area contributed by atoms with Crippen LogP contribution in [0, 0.1) is 18.6 Å². The topological polar surface area (TPSA) is 96.9 Å². The van der Waals surface area contributed by atoms with Crippen LogP contribution in [-0.2, 0) is 0 Å². The summed E-state index contributed by atoms with van der Waals surface area (Å²) in [6.45, 7) is 6.61. The van der Waals surface area contributed by atoms with E-state index in [0.29, 0.717) is 35.6 Å². The van der Waals surface area contributed by atoms with Gasteiger partial charge in [-0.25, -0.2) is 18.8 Å². The number of ether oxygens (including phenoxy) is 1. The number of benzene rings is 1. The second kappa shape index (κ2) is 10.9. The highest BCUT2D eigenvalue weighted by Gasteiger charge is 2.25. The number of fused-ring (bicyclic) bond motifs is 1. The molecule has 11 heteroatoms. The zero-order valence-electron chi connectivity index (χ0n) is 21.0. The molecule has 0 spiro atoms. The number of rotatable bonds is 11. The Morgan fingerprint density at radius 1 is 1.25 bits per heavy atom. The first-order valence-electron chi connectivity index (χ1n) is 11.8. The number of halogens is 2. The molecule has 0 aliphatic heterocycles. The minimum atomic E-state index is -0.635. The highest BCUT2D eigenvalue weighted by atomic mass is 19.1. The summed E-state index contributed by atoms with van der Waals surface area (Å²) in [6, 6.07) is 4.54. The summed E-state index contributed by atoms with van der Waals surface area (Å²) in [5.41, 5.74) is 1.87. The molecule has 1 saturated carbocycles. The molecule has 1 aliphatic carbocycles. The van der Waals surface area contributed by atoms with Crippen molar-refractivity contribution in [2.75, 3.05) is 46.3 Å². The van der Waals surface area contributed by atoms with Crippen LogP contribution in [0.1, 0.15) is 30.1 Å². The van der Waals surface area contributed by atoms with Gasteiger partial charge in [-0.3, -0.25) is 5.10 Å². The Labute approximate surface area is 208 Å². The van der Waals surface area contributed by atoms with Gasteiger partial charge in [-0.2, -0.15) is 5.10 Å². The molecule has 1 aliphatic rings. The molecule has 0 saturated heterocycles. The normalized spacial score (nSPS) is 14.5. The lowest BCUT2D eigenvalue weighted by molar-refractivity contribution is 0.309. The number of aromatic nitrogens is 3. The number of hydrogen-bond donors (Lipinski definition) is 3. The van der Waals surface area contributed by atoms with E-state index in [0.717, 1.165) is 18.3 Å². The summed E-state index contributed by atoms with van der Waals surface area (Å²) in [4.78, 5) is 15.4. The number of nitrogens with one attached hydrogen (secondary N) is 3. The summed E-state index contributed by atoms with van der Waals surface area (Å²) >= 11 is 0. The zero-order chi connectivity index (χ0) is 25.8. The Kier molecular flexibility index (Phi) is 7.68. The number of aliphatic imine (C=N–C) groups is 2. The summed E-state index contributed by atoms with van der Waals surface area (Å²) in [5, 5.41) is 10.6. The van der Waals surface area contributed by atoms with Crippen LogP contribution < -0.4 is 10.1 Å². The maximum atomic E-state index is 14.9. The number of likely N-dealkylation sites (N-methyl/N-ethyl adjacent to an activating group) is 2. The third-order valence-electron chi connectivity index (χ3n) is 5.93. The maximum absolute atomic E-state index is 14.9. The Morgan fingerprint density at radius 2 is 2.03 bits per heavy atom. The van der Waals surface area contributed by atoms with Crippen molar-refractivity contribution in [3.05, 3.63) is 53.1 Å². The van der Waals surface area contributed by atoms with Gasteiger partial charge in [0.25, 0.3) is 0 Å². The number of hydrogen-bond acceptors (Lipinski definition) is 6. The predicted molar refractivity (Wildman–Crippen MR) is 139 cm³/mol. The van der Waals surface area contributed by atoms with Gasteiger partial charge in [-0.1, -0.05) is 0 Å². The van der Waals surface area contributed by atoms with E-state index >= 15 is 0 Å². The van der Waals surface area contributed by atoms with Gasteiger partial charge in [0.1, 0.15) is 11.7 Å². The molecule has 0 radical (unpaired) electrons. The second-order valence-corrected chi connectivity index (χ2v) is 9.22. The van der Waals surface area contributed by atoms with Crippen LogP contribution in [0.4, 0.5) is 14.6 Å². The fourth-order valence-electron chi connectivity index (χ4n) is 3.73. The lowest BCUT2D eigenvalue weighted by Gasteiger charge is -2.22. The van der Waals surface area contributed by atoms with E-state index in [2.05, 4.69) is 42.1 Å². The molecule has 192 valence electrons. The summed E-state index contributed by atoms with van der Waals surface area (Å²) in [7, 11) is 5.84. The number of aromatic amines is 2. The monoisotopic (exact) mass is 498 g/mol. The number of anilines is 1. The second-order valence-electron chi connectivity index (χ2n) is 9.22. The number of nitrogens with zero attached hydrogens (tertiary/aromatic N) is 5. The third-order valence-corrected chi connectivity index (χ3v) is 5.93. The highest BCUT2D eigenvalue weighted by Crippen LogP contribution is 2.39. The quantitative estimate of drug-likeness (QED) is 0.272. The van der Waals surface area contributed by atoms with E-state index in [1.165, 1.54) is 12.8 Å². The van der Waals surface area contributed by atoms with Gasteiger partial charge in [0, 0.05) is 61.0 Å². The van der Waals surface area contributed by atoms with Crippen molar-refractivity contribution in [1.82, 2.24) is 25.0 Å². The average Bonchev–Trinajstić information content (AvgIpc) is 3.45. The van der Waals surface area contributed by atoms with Gasteiger partial charge in [0.05, 0.1) is 5.52 Å². The molecular formula is C25H32F2N8O. The van der Waals surface area contributed by atoms with E-state index < -0.39 is 11.6 Å². The van der Waals surface area contributed by atoms with Crippen LogP contribution >= 0.6 is 0 Å². The van der Waals surface area contributed by atoms with Crippen LogP contribution in [0.5, 0.6) is 5.75 Å². The van der Waals surface area contributed by atoms with Crippen LogP contribution in [0.25, 0.3) is 10.9 Å². The molecular weight excluding hydrogens is 466 g/mol. The molecule has 36 heavy (non-hydrogen) atoms. The molecule has 0 atom stereocenters. The van der Waals surface area contributed by atoms with Crippen LogP contribution in [-0.4, -0.2) is 78.5 Å². The smallest absolute Gasteiger partial charge is 0.181 e. The van der Waals surface area contributed by atoms with E-state index in [1.54, 1.807) is 19.1 Å². The van der Waals surface area contributed by atoms with Crippen molar-refractivity contribution in [1.29, 1.82) is 0 Å². The molecule has 1 fully saturated rings. The molecule has 1 aromatic carbocycles. The third kappa shape index (κ3) is 6.09. The first-order chi connectivity index (χ1) is 17.2. The SMILES string of the molecule is C=N/C(=C\C(=N/COc1cc(F)c2[nH]c(C)cc2c1F)N(C)CCN(C)C)Nc1cc(C2CC2)[nH]n1. The molecule has 9 nitrogen and oxygen atoms in total. The first-order valence-corrected chi connectivity index (χ1v) is 11.8. The summed E-state index contributed by atoms with van der Waals surface area (Å²) in [5.74, 6) is 0.729. The Bertz CT molecular complexity index is 1290. The van der Waals surface area contributed by atoms with Gasteiger partial charge >= 0.3 is 0 Å². The van der Waals surface area contributed by atoms with Crippen LogP contribution in [0.2, 0.25) is 0 Å². The lowest BCUT2D eigenvalue weighted by atomic mass is 10.2. The minimum Gasteiger partial charge on any atom is -0.468 e. The minimum absolute atomic E-state index is 0.115. The van der Waals surface area contributed by atoms with Crippen molar-refractivity contribution in [2.45, 2.75) is 25.7 Å². The van der Waals surface area contributed by atoms with Gasteiger partial charge in [0.15, 0.2) is 29.9 Å². The number of H-pyrrole nitrogens is 2. The Hall–Kier alpha value is -3.73. The van der Waals surface area contributed by atoms with Gasteiger partial charge in [-0.05, 0) is 46.6 Å². The van der Waals surface area contributed by atoms with E-state index in [4.69, 9.17) is 4.74 Å². The number of aryl methyl sites for hydroxylation is 1. The molecule has 0 bridgehead atoms. The largest absolute Gasteiger partial charge is 0.468 e. The lowest BCUT2D eigenvalue weighted by Crippen LogP contribution is -2.33. The molecule has 0 amide bonds. The van der Waals surface area contributed by atoms with Crippen molar-refractivity contribution >= 4 is 29.3 Å². The van der Waals surface area contributed by atoms with Crippen LogP contribution in [0.3, 0.4) is 0 Å². The van der Waals surface area contributed by atoms with Gasteiger partial charge < -0.3 is 24.8 Å². The Morgan fingerprint density at radius 3 is 2.72 bits per heavy atom. The van der Waals surface area contributed by atoms with Crippen molar-refractivity contribution in [3.63, 3.8) is 0 Å². The van der Waals surface area contributed by atoms with Crippen LogP contribution in [0.15, 0.2) is 40.1 Å². The number of amidine groups is 1. The molecule has 3 N–H and O–H groups in total. The molecule has 0 unspecified atom stereocenters. The highest BCUT2D eigenvalue weighted by molar-refractivity contribution is 5.94. The standard InChI is InChI=1S/C25H32F2N8O/c1-15-10-17-24(27)20(11-18(26)25(17)30-15)36-14-29-23(35(5)9-8-34(3)4)13-21(28-2)31-22-12-19(32-33-22)16-6-7-16/h10-13,16,30H,2,6-9,14H2,1,3-5H3,(H2,31,32,33)/b21-13+,29-23+. The van der Waals surface area contributed by atoms with E-state index in [-0.39, 0.29) is 23.4 Å². The Balaban J connectivity index is 1.53. The fraction of sp³-hybridized carbons (Fsp3) is 0.400. The van der Waals surface area contributed by atoms with Gasteiger partial charge in [0.2, 0.25) is 0 Å². The molecule has 2 aromatic heterocycles. The predicted octanol–water partition coefficient (Wildman–Crippen LogP) is 4.24. The van der Waals surface area contributed by atoms with E-state index in [9.17, 15) is 8.78 Å². The van der Waals surface area contributed by atoms with Crippen molar-refractivity contribution in [3.8, 4) is 5.75 Å². The molecule has 4 rings (SSSR count). The maximum Gasteiger partial charge on any atom is 0.181 e. The van der Waals surface area contributed by atoms with E-state index in [1.807, 2.05) is 32.1 Å². The summed E-state index contributed by atoms with van der Waals surface area (Å²) in [6.07, 6.45) is 4.05. The molecule has 3 aromatic rings. The summed E-state index contributed by atoms with van der Waals surface area (Å²) < 4.78 is 34.9. The fourth-order valence-corrected chi connectivity index (χ4v) is 3.73. The van der Waals surface area contributed by atoms with Gasteiger partial charge in [-0.15, -0.1) is 0 Å². The van der Waals surface area contributed by atoms with Crippen molar-refractivity contribution < 1.29 is 13.5 Å². The first kappa shape index (κ1) is 25.4. The molecule has 2 heterocycles. The zero-order valence-corrected chi connectivity index (χ0v) is 21.0.